The molecule has 19 heavy (non-hydrogen) atoms. The monoisotopic (exact) mass is 306 g/mol. The predicted octanol–water partition coefficient (Wildman–Crippen LogP) is 0.484. The second kappa shape index (κ2) is 5.54. The van der Waals surface area contributed by atoms with Crippen molar-refractivity contribution in [3.05, 3.63) is 29.6 Å². The van der Waals surface area contributed by atoms with E-state index in [0.29, 0.717) is 0 Å². The molecule has 6 nitrogen and oxygen atoms in total. The van der Waals surface area contributed by atoms with Gasteiger partial charge in [0.2, 0.25) is 10.0 Å². The van der Waals surface area contributed by atoms with Gasteiger partial charge in [-0.2, -0.15) is 5.26 Å². The Morgan fingerprint density at radius 3 is 2.37 bits per heavy atom. The topological polar surface area (TPSA) is 104 Å². The summed E-state index contributed by atoms with van der Waals surface area (Å²) in [6.45, 7) is 0. The zero-order valence-electron chi connectivity index (χ0n) is 9.92. The third kappa shape index (κ3) is 5.23. The van der Waals surface area contributed by atoms with E-state index in [0.717, 1.165) is 18.4 Å². The first kappa shape index (κ1) is 15.4. The molecule has 0 aromatic heterocycles. The fourth-order valence-electron chi connectivity index (χ4n) is 1.15. The van der Waals surface area contributed by atoms with Crippen LogP contribution in [0.4, 0.5) is 10.1 Å². The molecule has 0 saturated carbocycles. The smallest absolute Gasteiger partial charge is 0.233 e. The van der Waals surface area contributed by atoms with Crippen LogP contribution in [0.15, 0.2) is 18.2 Å². The van der Waals surface area contributed by atoms with Gasteiger partial charge in [-0.1, -0.05) is 0 Å². The molecule has 0 amide bonds. The number of sulfonamides is 1. The average Bonchev–Trinajstić information content (AvgIpc) is 2.28. The summed E-state index contributed by atoms with van der Waals surface area (Å²) in [4.78, 5) is 0. The van der Waals surface area contributed by atoms with Gasteiger partial charge in [0, 0.05) is 6.26 Å². The van der Waals surface area contributed by atoms with Crippen molar-refractivity contribution in [2.45, 2.75) is 0 Å². The van der Waals surface area contributed by atoms with Crippen LogP contribution in [0.1, 0.15) is 5.56 Å². The number of halogens is 1. The Labute approximate surface area is 110 Å². The lowest BCUT2D eigenvalue weighted by Gasteiger charge is -2.08. The molecule has 0 fully saturated rings. The van der Waals surface area contributed by atoms with Gasteiger partial charge in [0.15, 0.2) is 0 Å². The molecule has 0 saturated heterocycles. The van der Waals surface area contributed by atoms with Crippen LogP contribution in [-0.2, 0) is 19.9 Å². The van der Waals surface area contributed by atoms with Crippen LogP contribution < -0.4 is 4.72 Å². The van der Waals surface area contributed by atoms with E-state index in [2.05, 4.69) is 0 Å². The van der Waals surface area contributed by atoms with Crippen LogP contribution in [0.3, 0.4) is 0 Å². The van der Waals surface area contributed by atoms with E-state index in [9.17, 15) is 21.2 Å². The van der Waals surface area contributed by atoms with Gasteiger partial charge in [-0.25, -0.2) is 21.2 Å². The molecule has 0 aliphatic rings. The van der Waals surface area contributed by atoms with Crippen molar-refractivity contribution in [2.75, 3.05) is 22.5 Å². The number of hydrogen-bond acceptors (Lipinski definition) is 5. The highest BCUT2D eigenvalue weighted by Crippen LogP contribution is 2.16. The minimum Gasteiger partial charge on any atom is -0.281 e. The number of anilines is 1. The number of nitrogens with zero attached hydrogens (tertiary/aromatic N) is 1. The molecule has 104 valence electrons. The summed E-state index contributed by atoms with van der Waals surface area (Å²) in [5.41, 5.74) is -0.274. The third-order valence-corrected chi connectivity index (χ3v) is 4.56. The first-order valence-corrected chi connectivity index (χ1v) is 8.72. The number of nitriles is 1. The quantitative estimate of drug-likeness (QED) is 0.852. The van der Waals surface area contributed by atoms with Gasteiger partial charge in [0.25, 0.3) is 0 Å². The lowest BCUT2D eigenvalue weighted by Crippen LogP contribution is -2.22. The summed E-state index contributed by atoms with van der Waals surface area (Å²) in [7, 11) is -7.39. The third-order valence-electron chi connectivity index (χ3n) is 2.09. The number of rotatable bonds is 5. The van der Waals surface area contributed by atoms with Gasteiger partial charge < -0.3 is 0 Å². The van der Waals surface area contributed by atoms with Crippen molar-refractivity contribution in [2.24, 2.45) is 0 Å². The van der Waals surface area contributed by atoms with Crippen molar-refractivity contribution < 1.29 is 21.2 Å². The molecule has 1 N–H and O–H groups in total. The lowest BCUT2D eigenvalue weighted by molar-refractivity contribution is 0.592. The van der Waals surface area contributed by atoms with Gasteiger partial charge >= 0.3 is 0 Å². The number of hydrogen-bond donors (Lipinski definition) is 1. The highest BCUT2D eigenvalue weighted by Gasteiger charge is 2.16. The van der Waals surface area contributed by atoms with E-state index in [1.165, 1.54) is 6.07 Å². The highest BCUT2D eigenvalue weighted by molar-refractivity contribution is 7.95. The largest absolute Gasteiger partial charge is 0.281 e. The second-order valence-corrected chi connectivity index (χ2v) is 7.96. The van der Waals surface area contributed by atoms with Crippen molar-refractivity contribution in [1.29, 1.82) is 5.26 Å². The zero-order chi connectivity index (χ0) is 14.7. The number of nitrogens with one attached hydrogen (secondary N) is 1. The van der Waals surface area contributed by atoms with Crippen LogP contribution in [0, 0.1) is 17.1 Å². The van der Waals surface area contributed by atoms with Crippen LogP contribution >= 0.6 is 0 Å². The molecular weight excluding hydrogens is 295 g/mol. The molecular formula is C10H11FN2O4S2. The van der Waals surface area contributed by atoms with Crippen LogP contribution in [0.25, 0.3) is 0 Å². The van der Waals surface area contributed by atoms with E-state index in [-0.39, 0.29) is 11.3 Å². The Balaban J connectivity index is 2.88. The molecule has 0 bridgehead atoms. The fourth-order valence-corrected chi connectivity index (χ4v) is 3.84. The van der Waals surface area contributed by atoms with E-state index in [1.54, 1.807) is 6.07 Å². The molecule has 0 aliphatic heterocycles. The Kier molecular flexibility index (Phi) is 4.49. The zero-order valence-corrected chi connectivity index (χ0v) is 11.6. The molecule has 1 rings (SSSR count). The van der Waals surface area contributed by atoms with E-state index >= 15 is 0 Å². The summed E-state index contributed by atoms with van der Waals surface area (Å²) in [5, 5.41) is 8.54. The van der Waals surface area contributed by atoms with Gasteiger partial charge in [-0.05, 0) is 18.2 Å². The van der Waals surface area contributed by atoms with Crippen molar-refractivity contribution in [3.8, 4) is 6.07 Å². The lowest BCUT2D eigenvalue weighted by atomic mass is 10.2. The van der Waals surface area contributed by atoms with Gasteiger partial charge in [-0.15, -0.1) is 0 Å². The molecule has 0 spiro atoms. The normalized spacial score (nSPS) is 11.8. The SMILES string of the molecule is CS(=O)(=O)CCS(=O)(=O)Nc1ccc(C#N)cc1F. The van der Waals surface area contributed by atoms with Crippen molar-refractivity contribution in [1.82, 2.24) is 0 Å². The van der Waals surface area contributed by atoms with Crippen LogP contribution in [0.5, 0.6) is 0 Å². The Bertz CT molecular complexity index is 720. The summed E-state index contributed by atoms with van der Waals surface area (Å²) in [5.74, 6) is -2.12. The summed E-state index contributed by atoms with van der Waals surface area (Å²) in [6, 6.07) is 4.94. The Hall–Kier alpha value is -1.66. The molecule has 1 aromatic rings. The van der Waals surface area contributed by atoms with E-state index < -0.39 is 37.2 Å². The average molecular weight is 306 g/mol. The van der Waals surface area contributed by atoms with E-state index in [4.69, 9.17) is 5.26 Å². The summed E-state index contributed by atoms with van der Waals surface area (Å²) >= 11 is 0. The summed E-state index contributed by atoms with van der Waals surface area (Å²) in [6.07, 6.45) is 0.908. The fraction of sp³-hybridized carbons (Fsp3) is 0.300. The van der Waals surface area contributed by atoms with Crippen molar-refractivity contribution >= 4 is 25.5 Å². The maximum atomic E-state index is 13.4. The first-order valence-electron chi connectivity index (χ1n) is 5.01. The first-order chi connectivity index (χ1) is 8.63. The maximum Gasteiger partial charge on any atom is 0.233 e. The minimum absolute atomic E-state index is 0.0524. The van der Waals surface area contributed by atoms with Gasteiger partial charge in [0.1, 0.15) is 15.7 Å². The van der Waals surface area contributed by atoms with Crippen LogP contribution in [0.2, 0.25) is 0 Å². The highest BCUT2D eigenvalue weighted by atomic mass is 32.2. The molecule has 0 aliphatic carbocycles. The predicted molar refractivity (Wildman–Crippen MR) is 68.2 cm³/mol. The van der Waals surface area contributed by atoms with Gasteiger partial charge in [0.05, 0.1) is 28.8 Å². The second-order valence-electron chi connectivity index (χ2n) is 3.86. The number of benzene rings is 1. The molecule has 0 radical (unpaired) electrons. The summed E-state index contributed by atoms with van der Waals surface area (Å²) < 4.78 is 60.2. The molecule has 0 heterocycles. The van der Waals surface area contributed by atoms with Crippen molar-refractivity contribution in [3.63, 3.8) is 0 Å². The van der Waals surface area contributed by atoms with Gasteiger partial charge in [-0.3, -0.25) is 4.72 Å². The Morgan fingerprint density at radius 1 is 1.26 bits per heavy atom. The standard InChI is InChI=1S/C10H11FN2O4S2/c1-18(14,15)4-5-19(16,17)13-10-3-2-8(7-12)6-9(10)11/h2-3,6,13H,4-5H2,1H3. The maximum absolute atomic E-state index is 13.4. The van der Waals surface area contributed by atoms with Crippen LogP contribution in [-0.4, -0.2) is 34.6 Å². The number of sulfone groups is 1. The molecule has 0 atom stereocenters. The molecule has 9 heteroatoms. The Morgan fingerprint density at radius 2 is 1.89 bits per heavy atom. The molecule has 1 aromatic carbocycles. The van der Waals surface area contributed by atoms with E-state index in [1.807, 2.05) is 4.72 Å². The minimum atomic E-state index is -3.96. The molecule has 0 unspecified atom stereocenters.